The molecule has 0 aliphatic carbocycles. The van der Waals surface area contributed by atoms with E-state index in [0.29, 0.717) is 25.4 Å². The van der Waals surface area contributed by atoms with E-state index in [2.05, 4.69) is 99.0 Å². The molecule has 1 aliphatic rings. The molecule has 0 spiro atoms. The van der Waals surface area contributed by atoms with Crippen LogP contribution in [0.5, 0.6) is 0 Å². The number of hydrogen-bond donors (Lipinski definition) is 0. The lowest BCUT2D eigenvalue weighted by Gasteiger charge is -2.39. The van der Waals surface area contributed by atoms with Crippen molar-refractivity contribution in [2.24, 2.45) is 5.92 Å². The molecule has 0 aromatic rings. The Kier molecular flexibility index (Phi) is 13.7. The highest BCUT2D eigenvalue weighted by molar-refractivity contribution is 6.74. The molecular weight excluding hydrogens is 509 g/mol. The Morgan fingerprint density at radius 2 is 1.55 bits per heavy atom. The van der Waals surface area contributed by atoms with Crippen molar-refractivity contribution < 1.29 is 23.1 Å². The van der Waals surface area contributed by atoms with Crippen LogP contribution in [0, 0.1) is 5.92 Å². The van der Waals surface area contributed by atoms with E-state index in [9.17, 15) is 4.79 Å². The molecule has 0 saturated carbocycles. The first-order valence-electron chi connectivity index (χ1n) is 14.8. The van der Waals surface area contributed by atoms with E-state index >= 15 is 0 Å². The van der Waals surface area contributed by atoms with E-state index in [0.717, 1.165) is 19.3 Å². The second-order valence-electron chi connectivity index (χ2n) is 14.2. The standard InChI is InChI=1S/C31H60O5Si2/c1-14-25(35-37(10,11)30(4,5)6)21-22-27-26(19-17-15-16-18-20-29(32)34-24(2)3)28(23-33-27)36-38(12,13)31(7,8)9/h15-16,21-22,24-28H,14,17-20,23H2,1-13H3/b16-15-,22-21+/t25-,26+,27+,28-/m0/s1. The first-order valence-corrected chi connectivity index (χ1v) is 20.6. The van der Waals surface area contributed by atoms with Crippen LogP contribution in [0.3, 0.4) is 0 Å². The normalized spacial score (nSPS) is 22.6. The smallest absolute Gasteiger partial charge is 0.306 e. The van der Waals surface area contributed by atoms with Crippen molar-refractivity contribution in [3.05, 3.63) is 24.3 Å². The van der Waals surface area contributed by atoms with Crippen LogP contribution in [0.2, 0.25) is 36.3 Å². The second kappa shape index (κ2) is 14.8. The lowest BCUT2D eigenvalue weighted by molar-refractivity contribution is -0.147. The molecule has 222 valence electrons. The van der Waals surface area contributed by atoms with Crippen LogP contribution in [0.1, 0.15) is 94.4 Å². The van der Waals surface area contributed by atoms with Gasteiger partial charge in [0.25, 0.3) is 0 Å². The lowest BCUT2D eigenvalue weighted by atomic mass is 9.93. The largest absolute Gasteiger partial charge is 0.463 e. The van der Waals surface area contributed by atoms with Crippen LogP contribution in [0.15, 0.2) is 24.3 Å². The molecule has 0 N–H and O–H groups in total. The quantitative estimate of drug-likeness (QED) is 0.119. The van der Waals surface area contributed by atoms with E-state index in [1.807, 2.05) is 13.8 Å². The van der Waals surface area contributed by atoms with E-state index in [1.165, 1.54) is 0 Å². The predicted molar refractivity (Wildman–Crippen MR) is 166 cm³/mol. The van der Waals surface area contributed by atoms with Gasteiger partial charge in [-0.05, 0) is 75.8 Å². The predicted octanol–water partition coefficient (Wildman–Crippen LogP) is 8.82. The van der Waals surface area contributed by atoms with Gasteiger partial charge in [0.15, 0.2) is 16.6 Å². The number of allylic oxidation sites excluding steroid dienone is 2. The molecule has 0 aromatic heterocycles. The van der Waals surface area contributed by atoms with Gasteiger partial charge in [0.1, 0.15) is 0 Å². The summed E-state index contributed by atoms with van der Waals surface area (Å²) in [6.07, 6.45) is 13.0. The molecule has 38 heavy (non-hydrogen) atoms. The second-order valence-corrected chi connectivity index (χ2v) is 23.7. The first-order chi connectivity index (χ1) is 17.3. The topological polar surface area (TPSA) is 54.0 Å². The maximum Gasteiger partial charge on any atom is 0.306 e. The molecular formula is C31H60O5Si2. The number of ether oxygens (including phenoxy) is 2. The zero-order valence-corrected chi connectivity index (χ0v) is 29.0. The molecule has 0 aromatic carbocycles. The molecule has 0 radical (unpaired) electrons. The van der Waals surface area contributed by atoms with E-state index in [-0.39, 0.29) is 40.5 Å². The Hall–Kier alpha value is -0.736. The highest BCUT2D eigenvalue weighted by Crippen LogP contribution is 2.41. The molecule has 0 amide bonds. The number of esters is 1. The van der Waals surface area contributed by atoms with E-state index in [4.69, 9.17) is 18.3 Å². The number of rotatable bonds is 14. The van der Waals surface area contributed by atoms with Crippen molar-refractivity contribution in [2.45, 2.75) is 155 Å². The Balaban J connectivity index is 2.93. The Morgan fingerprint density at radius 1 is 0.974 bits per heavy atom. The minimum Gasteiger partial charge on any atom is -0.463 e. The summed E-state index contributed by atoms with van der Waals surface area (Å²) < 4.78 is 25.2. The molecule has 1 heterocycles. The van der Waals surface area contributed by atoms with Gasteiger partial charge in [0, 0.05) is 12.3 Å². The first kappa shape index (κ1) is 35.3. The van der Waals surface area contributed by atoms with Crippen LogP contribution in [0.4, 0.5) is 0 Å². The molecule has 1 fully saturated rings. The van der Waals surface area contributed by atoms with Gasteiger partial charge in [-0.1, -0.05) is 72.8 Å². The highest BCUT2D eigenvalue weighted by atomic mass is 28.4. The number of carbonyl (C=O) groups excluding carboxylic acids is 1. The van der Waals surface area contributed by atoms with Gasteiger partial charge >= 0.3 is 5.97 Å². The Bertz CT molecular complexity index is 774. The van der Waals surface area contributed by atoms with Gasteiger partial charge in [0.2, 0.25) is 0 Å². The Morgan fingerprint density at radius 3 is 2.08 bits per heavy atom. The van der Waals surface area contributed by atoms with Gasteiger partial charge < -0.3 is 18.3 Å². The molecule has 0 unspecified atom stereocenters. The van der Waals surface area contributed by atoms with Gasteiger partial charge in [-0.3, -0.25) is 4.79 Å². The summed E-state index contributed by atoms with van der Waals surface area (Å²) in [6, 6.07) is 0. The summed E-state index contributed by atoms with van der Waals surface area (Å²) >= 11 is 0. The maximum atomic E-state index is 11.8. The molecule has 1 saturated heterocycles. The third-order valence-electron chi connectivity index (χ3n) is 8.49. The van der Waals surface area contributed by atoms with Gasteiger partial charge in [-0.2, -0.15) is 0 Å². The monoisotopic (exact) mass is 568 g/mol. The maximum absolute atomic E-state index is 11.8. The third kappa shape index (κ3) is 11.4. The fourth-order valence-corrected chi connectivity index (χ4v) is 6.69. The fraction of sp³-hybridized carbons (Fsp3) is 0.839. The van der Waals surface area contributed by atoms with Crippen LogP contribution in [-0.4, -0.2) is 53.6 Å². The summed E-state index contributed by atoms with van der Waals surface area (Å²) in [5.41, 5.74) is 0. The number of hydrogen-bond acceptors (Lipinski definition) is 5. The van der Waals surface area contributed by atoms with Crippen molar-refractivity contribution >= 4 is 22.6 Å². The van der Waals surface area contributed by atoms with Crippen LogP contribution < -0.4 is 0 Å². The molecule has 7 heteroatoms. The van der Waals surface area contributed by atoms with Gasteiger partial charge in [-0.15, -0.1) is 0 Å². The van der Waals surface area contributed by atoms with Crippen LogP contribution in [0.25, 0.3) is 0 Å². The summed E-state index contributed by atoms with van der Waals surface area (Å²) in [5, 5.41) is 0.334. The van der Waals surface area contributed by atoms with Gasteiger partial charge in [0.05, 0.1) is 31.0 Å². The van der Waals surface area contributed by atoms with Crippen molar-refractivity contribution in [2.75, 3.05) is 6.61 Å². The van der Waals surface area contributed by atoms with E-state index < -0.39 is 16.6 Å². The highest BCUT2D eigenvalue weighted by Gasteiger charge is 2.44. The Labute approximate surface area is 237 Å². The van der Waals surface area contributed by atoms with Crippen molar-refractivity contribution in [1.82, 2.24) is 0 Å². The SMILES string of the molecule is CC[C@@H](/C=C/[C@H]1OC[C@H](O[Si](C)(C)C(C)(C)C)[C@@H]1CC/C=C\CCC(=O)OC(C)C)O[Si](C)(C)C(C)(C)C. The van der Waals surface area contributed by atoms with Crippen molar-refractivity contribution in [1.29, 1.82) is 0 Å². The van der Waals surface area contributed by atoms with Crippen molar-refractivity contribution in [3.63, 3.8) is 0 Å². The lowest BCUT2D eigenvalue weighted by Crippen LogP contribution is -2.46. The summed E-state index contributed by atoms with van der Waals surface area (Å²) in [5.74, 6) is 0.161. The minimum atomic E-state index is -1.92. The molecule has 1 rings (SSSR count). The summed E-state index contributed by atoms with van der Waals surface area (Å²) in [6.45, 7) is 29.6. The van der Waals surface area contributed by atoms with E-state index in [1.54, 1.807) is 0 Å². The molecule has 1 aliphatic heterocycles. The molecule has 4 atom stereocenters. The van der Waals surface area contributed by atoms with Crippen LogP contribution >= 0.6 is 0 Å². The summed E-state index contributed by atoms with van der Waals surface area (Å²) in [7, 11) is -3.78. The fourth-order valence-electron chi connectivity index (χ4n) is 3.98. The summed E-state index contributed by atoms with van der Waals surface area (Å²) in [4.78, 5) is 11.8. The molecule has 5 nitrogen and oxygen atoms in total. The number of carbonyl (C=O) groups is 1. The van der Waals surface area contributed by atoms with Gasteiger partial charge in [-0.25, -0.2) is 0 Å². The third-order valence-corrected chi connectivity index (χ3v) is 17.5. The molecule has 0 bridgehead atoms. The average Bonchev–Trinajstić information content (AvgIpc) is 3.11. The van der Waals surface area contributed by atoms with Crippen molar-refractivity contribution in [3.8, 4) is 0 Å². The average molecular weight is 569 g/mol. The van der Waals surface area contributed by atoms with Crippen LogP contribution in [-0.2, 0) is 23.1 Å². The zero-order chi connectivity index (χ0) is 29.4. The zero-order valence-electron chi connectivity index (χ0n) is 27.0. The minimum absolute atomic E-state index is 0.0243.